The number of aliphatic hydroxyl groups excluding tert-OH is 5. The lowest BCUT2D eigenvalue weighted by molar-refractivity contribution is -0.305. The number of hydrogen-bond donors (Lipinski definition) is 6. The topological polar surface area (TPSA) is 175 Å². The minimum atomic E-state index is -1.61. The molecule has 1 saturated heterocycles. The van der Waals surface area contributed by atoms with Crippen LogP contribution in [0, 0.1) is 0 Å². The molecule has 78 heavy (non-hydrogen) atoms. The fourth-order valence-corrected chi connectivity index (χ4v) is 10.2. The van der Waals surface area contributed by atoms with Crippen LogP contribution >= 0.6 is 0 Å². The quantitative estimate of drug-likeness (QED) is 0.0195. The van der Waals surface area contributed by atoms with Crippen LogP contribution in [-0.4, -0.2) is 99.6 Å². The van der Waals surface area contributed by atoms with E-state index in [2.05, 4.69) is 62.5 Å². The smallest absolute Gasteiger partial charge is 0.306 e. The zero-order valence-electron chi connectivity index (χ0n) is 50.5. The van der Waals surface area contributed by atoms with Crippen molar-refractivity contribution < 1.29 is 49.3 Å². The molecule has 1 fully saturated rings. The molecule has 0 bridgehead atoms. The van der Waals surface area contributed by atoms with Crippen molar-refractivity contribution in [2.45, 2.75) is 352 Å². The first-order valence-electron chi connectivity index (χ1n) is 32.9. The Hall–Kier alpha value is -2.38. The third-order valence-electron chi connectivity index (χ3n) is 15.5. The molecule has 0 radical (unpaired) electrons. The predicted molar refractivity (Wildman–Crippen MR) is 324 cm³/mol. The zero-order valence-corrected chi connectivity index (χ0v) is 50.5. The molecule has 1 amide bonds. The van der Waals surface area contributed by atoms with Crippen LogP contribution in [-0.2, 0) is 23.8 Å². The lowest BCUT2D eigenvalue weighted by atomic mass is 9.99. The number of carbonyl (C=O) groups is 2. The molecule has 456 valence electrons. The average Bonchev–Trinajstić information content (AvgIpc) is 3.44. The van der Waals surface area contributed by atoms with Crippen LogP contribution in [0.3, 0.4) is 0 Å². The first-order chi connectivity index (χ1) is 38.2. The van der Waals surface area contributed by atoms with Gasteiger partial charge in [-0.15, -0.1) is 0 Å². The molecule has 8 atom stereocenters. The Balaban J connectivity index is 2.56. The molecule has 0 saturated carbocycles. The molecule has 0 spiro atoms. The molecular weight excluding hydrogens is 979 g/mol. The maximum atomic E-state index is 13.4. The van der Waals surface area contributed by atoms with Crippen LogP contribution in [0.15, 0.2) is 48.6 Å². The highest BCUT2D eigenvalue weighted by molar-refractivity contribution is 5.80. The standard InChI is InChI=1S/C67H123NO10/c1-4-7-10-13-16-19-22-24-25-26-27-28-29-30-31-32-33-34-35-36-37-40-42-45-48-51-54-60(71)66(75)68-58(59(70)53-50-47-44-41-39-23-20-17-14-11-8-5-2)57-76-67-65(64(74)63(73)61(56-69)77-67)78-62(72)55-52-49-46-43-38-21-18-15-12-9-6-3/h16,19,24-25,27-28,50,53,58-61,63-65,67,69-71,73-74H,4-15,17-18,20-23,26,29-49,51-52,54-57H2,1-3H3,(H,68,75)/b19-16-,25-24-,28-27-,53-50+. The molecule has 0 aliphatic carbocycles. The van der Waals surface area contributed by atoms with Gasteiger partial charge in [0.15, 0.2) is 12.4 Å². The highest BCUT2D eigenvalue weighted by atomic mass is 16.7. The number of allylic oxidation sites excluding steroid dienone is 7. The van der Waals surface area contributed by atoms with Crippen LogP contribution in [0.1, 0.15) is 303 Å². The first kappa shape index (κ1) is 73.6. The highest BCUT2D eigenvalue weighted by Crippen LogP contribution is 2.26. The summed E-state index contributed by atoms with van der Waals surface area (Å²) in [5.41, 5.74) is 0. The van der Waals surface area contributed by atoms with Gasteiger partial charge in [-0.2, -0.15) is 0 Å². The van der Waals surface area contributed by atoms with E-state index in [4.69, 9.17) is 14.2 Å². The number of rotatable bonds is 56. The molecule has 1 aliphatic heterocycles. The van der Waals surface area contributed by atoms with Crippen molar-refractivity contribution in [2.75, 3.05) is 13.2 Å². The van der Waals surface area contributed by atoms with E-state index in [-0.39, 0.29) is 13.0 Å². The monoisotopic (exact) mass is 1100 g/mol. The molecule has 1 heterocycles. The average molecular weight is 1100 g/mol. The molecule has 0 aromatic heterocycles. The summed E-state index contributed by atoms with van der Waals surface area (Å²) in [4.78, 5) is 26.5. The molecule has 8 unspecified atom stereocenters. The Morgan fingerprint density at radius 2 is 0.885 bits per heavy atom. The van der Waals surface area contributed by atoms with Gasteiger partial charge < -0.3 is 45.1 Å². The summed E-state index contributed by atoms with van der Waals surface area (Å²) in [6.45, 7) is 5.76. The maximum Gasteiger partial charge on any atom is 0.306 e. The summed E-state index contributed by atoms with van der Waals surface area (Å²) in [6.07, 6.45) is 57.3. The van der Waals surface area contributed by atoms with E-state index >= 15 is 0 Å². The van der Waals surface area contributed by atoms with Gasteiger partial charge in [0.05, 0.1) is 25.4 Å². The number of carbonyl (C=O) groups excluding carboxylic acids is 2. The summed E-state index contributed by atoms with van der Waals surface area (Å²) in [5.74, 6) is -1.19. The molecule has 0 aromatic carbocycles. The molecule has 0 aromatic rings. The van der Waals surface area contributed by atoms with E-state index < -0.39 is 67.4 Å². The molecule has 1 aliphatic rings. The summed E-state index contributed by atoms with van der Waals surface area (Å²) in [6, 6.07) is -1.02. The van der Waals surface area contributed by atoms with E-state index in [9.17, 15) is 35.1 Å². The van der Waals surface area contributed by atoms with Gasteiger partial charge in [0.1, 0.15) is 24.4 Å². The predicted octanol–water partition coefficient (Wildman–Crippen LogP) is 16.0. The van der Waals surface area contributed by atoms with Gasteiger partial charge in [-0.05, 0) is 64.2 Å². The third-order valence-corrected chi connectivity index (χ3v) is 15.5. The van der Waals surface area contributed by atoms with Crippen molar-refractivity contribution in [3.8, 4) is 0 Å². The fourth-order valence-electron chi connectivity index (χ4n) is 10.2. The van der Waals surface area contributed by atoms with E-state index in [0.717, 1.165) is 70.6 Å². The van der Waals surface area contributed by atoms with Crippen molar-refractivity contribution in [1.82, 2.24) is 5.32 Å². The Kier molecular flexibility index (Phi) is 52.1. The normalized spacial score (nSPS) is 19.2. The van der Waals surface area contributed by atoms with Crippen molar-refractivity contribution >= 4 is 11.9 Å². The second-order valence-corrected chi connectivity index (χ2v) is 22.9. The Bertz CT molecular complexity index is 1450. The summed E-state index contributed by atoms with van der Waals surface area (Å²) < 4.78 is 17.6. The van der Waals surface area contributed by atoms with E-state index in [1.54, 1.807) is 6.08 Å². The summed E-state index contributed by atoms with van der Waals surface area (Å²) in [7, 11) is 0. The van der Waals surface area contributed by atoms with E-state index in [0.29, 0.717) is 19.3 Å². The number of amides is 1. The SMILES string of the molecule is CCCCC/C=C\C/C=C\C/C=C\CCCCCCCCCCCCCCCC(O)C(=O)NC(COC1OC(CO)C(O)C(O)C1OC(=O)CCCCCCCCCCCCC)C(O)/C=C/CCCCCCCCCCCC. The Morgan fingerprint density at radius 3 is 1.35 bits per heavy atom. The highest BCUT2D eigenvalue weighted by Gasteiger charge is 2.47. The third kappa shape index (κ3) is 42.5. The number of hydrogen-bond acceptors (Lipinski definition) is 10. The minimum Gasteiger partial charge on any atom is -0.454 e. The van der Waals surface area contributed by atoms with Gasteiger partial charge in [-0.1, -0.05) is 281 Å². The van der Waals surface area contributed by atoms with Gasteiger partial charge in [0.2, 0.25) is 5.91 Å². The number of esters is 1. The molecular formula is C67H123NO10. The Labute approximate surface area is 478 Å². The van der Waals surface area contributed by atoms with Gasteiger partial charge in [-0.3, -0.25) is 9.59 Å². The zero-order chi connectivity index (χ0) is 56.8. The van der Waals surface area contributed by atoms with E-state index in [1.807, 2.05) is 6.08 Å². The van der Waals surface area contributed by atoms with E-state index in [1.165, 1.54) is 186 Å². The minimum absolute atomic E-state index is 0.127. The van der Waals surface area contributed by atoms with Crippen LogP contribution in [0.25, 0.3) is 0 Å². The summed E-state index contributed by atoms with van der Waals surface area (Å²) in [5, 5.41) is 57.0. The fraction of sp³-hybridized carbons (Fsp3) is 0.851. The van der Waals surface area contributed by atoms with Gasteiger partial charge in [0.25, 0.3) is 0 Å². The van der Waals surface area contributed by atoms with Crippen LogP contribution in [0.5, 0.6) is 0 Å². The number of aliphatic hydroxyl groups is 5. The van der Waals surface area contributed by atoms with Gasteiger partial charge in [-0.25, -0.2) is 0 Å². The first-order valence-corrected chi connectivity index (χ1v) is 32.9. The lowest BCUT2D eigenvalue weighted by Crippen LogP contribution is -2.61. The summed E-state index contributed by atoms with van der Waals surface area (Å²) >= 11 is 0. The molecule has 11 nitrogen and oxygen atoms in total. The van der Waals surface area contributed by atoms with Crippen molar-refractivity contribution in [3.63, 3.8) is 0 Å². The van der Waals surface area contributed by atoms with Crippen molar-refractivity contribution in [2.24, 2.45) is 0 Å². The molecule has 6 N–H and O–H groups in total. The number of nitrogens with one attached hydrogen (secondary N) is 1. The second kappa shape index (κ2) is 55.2. The number of unbranched alkanes of at least 4 members (excludes halogenated alkanes) is 36. The van der Waals surface area contributed by atoms with Crippen molar-refractivity contribution in [1.29, 1.82) is 0 Å². The van der Waals surface area contributed by atoms with Gasteiger partial charge in [0, 0.05) is 6.42 Å². The largest absolute Gasteiger partial charge is 0.454 e. The molecule has 11 heteroatoms. The van der Waals surface area contributed by atoms with Crippen LogP contribution in [0.4, 0.5) is 0 Å². The lowest BCUT2D eigenvalue weighted by Gasteiger charge is -2.41. The number of ether oxygens (including phenoxy) is 3. The van der Waals surface area contributed by atoms with Gasteiger partial charge >= 0.3 is 5.97 Å². The van der Waals surface area contributed by atoms with Crippen molar-refractivity contribution in [3.05, 3.63) is 48.6 Å². The molecule has 1 rings (SSSR count). The van der Waals surface area contributed by atoms with Crippen LogP contribution in [0.2, 0.25) is 0 Å². The Morgan fingerprint density at radius 1 is 0.500 bits per heavy atom. The second-order valence-electron chi connectivity index (χ2n) is 22.9. The van der Waals surface area contributed by atoms with Crippen LogP contribution < -0.4 is 5.32 Å². The maximum absolute atomic E-state index is 13.4.